The van der Waals surface area contributed by atoms with Crippen LogP contribution < -0.4 is 0 Å². The van der Waals surface area contributed by atoms with E-state index >= 15 is 0 Å². The Labute approximate surface area is 47.9 Å². The molecule has 0 aliphatic carbocycles. The van der Waals surface area contributed by atoms with Crippen molar-refractivity contribution >= 4 is 28.9 Å². The molecule has 0 aromatic rings. The summed E-state index contributed by atoms with van der Waals surface area (Å²) in [4.78, 5) is 0. The summed E-state index contributed by atoms with van der Waals surface area (Å²) in [6, 6.07) is 0. The zero-order chi connectivity index (χ0) is 5.21. The third-order valence-corrected chi connectivity index (χ3v) is 1.41. The van der Waals surface area contributed by atoms with Crippen LogP contribution in [0.4, 0.5) is 0 Å². The molecule has 0 spiro atoms. The molecule has 0 radical (unpaired) electrons. The van der Waals surface area contributed by atoms with Gasteiger partial charge in [0.15, 0.2) is 0 Å². The third-order valence-electron chi connectivity index (χ3n) is 0.253. The Balaban J connectivity index is 3.55. The Kier molecular flexibility index (Phi) is 1.99. The van der Waals surface area contributed by atoms with E-state index in [0.29, 0.717) is 0 Å². The normalized spacial score (nSPS) is 10.3. The van der Waals surface area contributed by atoms with Crippen molar-refractivity contribution in [2.24, 2.45) is 0 Å². The SMILES string of the molecule is C#C[Si](C)(Cl)Cl. The molecule has 0 aliphatic rings. The van der Waals surface area contributed by atoms with Crippen molar-refractivity contribution in [1.29, 1.82) is 0 Å². The quantitative estimate of drug-likeness (QED) is 0.272. The van der Waals surface area contributed by atoms with Crippen LogP contribution >= 0.6 is 22.2 Å². The topological polar surface area (TPSA) is 0 Å². The van der Waals surface area contributed by atoms with Crippen molar-refractivity contribution in [3.63, 3.8) is 0 Å². The molecule has 0 aliphatic heterocycles. The molecule has 0 aromatic carbocycles. The highest BCUT2D eigenvalue weighted by Crippen LogP contribution is 2.10. The molecule has 0 aromatic heterocycles. The van der Waals surface area contributed by atoms with E-state index in [1.54, 1.807) is 6.55 Å². The number of terminal acetylenes is 1. The molecule has 34 valence electrons. The smallest absolute Gasteiger partial charge is 0.130 e. The second kappa shape index (κ2) is 1.88. The molecule has 0 unspecified atom stereocenters. The molecule has 0 fully saturated rings. The van der Waals surface area contributed by atoms with Crippen molar-refractivity contribution < 1.29 is 0 Å². The van der Waals surface area contributed by atoms with E-state index in [1.807, 2.05) is 0 Å². The van der Waals surface area contributed by atoms with Gasteiger partial charge in [-0.15, -0.1) is 28.6 Å². The van der Waals surface area contributed by atoms with Crippen molar-refractivity contribution in [2.75, 3.05) is 0 Å². The van der Waals surface area contributed by atoms with Crippen molar-refractivity contribution in [1.82, 2.24) is 0 Å². The highest BCUT2D eigenvalue weighted by Gasteiger charge is 2.14. The average molecular weight is 139 g/mol. The lowest BCUT2D eigenvalue weighted by Gasteiger charge is -1.93. The van der Waals surface area contributed by atoms with E-state index in [9.17, 15) is 0 Å². The Bertz CT molecular complexity index is 75.8. The summed E-state index contributed by atoms with van der Waals surface area (Å²) < 4.78 is 0. The molecular formula is C3H4Cl2Si. The molecule has 0 atom stereocenters. The fourth-order valence-corrected chi connectivity index (χ4v) is 0. The molecule has 0 nitrogen and oxygen atoms in total. The molecule has 6 heavy (non-hydrogen) atoms. The average Bonchev–Trinajstić information content (AvgIpc) is 1.35. The number of halogens is 2. The predicted octanol–water partition coefficient (Wildman–Crippen LogP) is 1.71. The molecule has 0 N–H and O–H groups in total. The molecular weight excluding hydrogens is 135 g/mol. The first-order valence-electron chi connectivity index (χ1n) is 1.42. The fraction of sp³-hybridized carbons (Fsp3) is 0.333. The Morgan fingerprint density at radius 2 is 1.83 bits per heavy atom. The Morgan fingerprint density at radius 1 is 1.67 bits per heavy atom. The lowest BCUT2D eigenvalue weighted by atomic mass is 11.4. The largest absolute Gasteiger partial charge is 0.321 e. The molecule has 0 rings (SSSR count). The van der Waals surface area contributed by atoms with Gasteiger partial charge in [-0.05, 0) is 6.55 Å². The van der Waals surface area contributed by atoms with E-state index < -0.39 is 6.69 Å². The van der Waals surface area contributed by atoms with Crippen molar-refractivity contribution in [3.05, 3.63) is 0 Å². The first-order chi connectivity index (χ1) is 2.56. The van der Waals surface area contributed by atoms with Gasteiger partial charge >= 0.3 is 6.69 Å². The molecule has 0 saturated carbocycles. The van der Waals surface area contributed by atoms with Crippen LogP contribution in [0.3, 0.4) is 0 Å². The zero-order valence-corrected chi connectivity index (χ0v) is 5.85. The van der Waals surface area contributed by atoms with Crippen LogP contribution in [-0.2, 0) is 0 Å². The summed E-state index contributed by atoms with van der Waals surface area (Å²) in [6.07, 6.45) is 4.85. The van der Waals surface area contributed by atoms with Gasteiger partial charge in [0.2, 0.25) is 0 Å². The van der Waals surface area contributed by atoms with Crippen LogP contribution in [0.25, 0.3) is 0 Å². The van der Waals surface area contributed by atoms with Gasteiger partial charge in [-0.2, -0.15) is 0 Å². The van der Waals surface area contributed by atoms with Crippen LogP contribution in [0.15, 0.2) is 0 Å². The van der Waals surface area contributed by atoms with Crippen molar-refractivity contribution in [3.8, 4) is 12.0 Å². The monoisotopic (exact) mass is 138 g/mol. The summed E-state index contributed by atoms with van der Waals surface area (Å²) in [6.45, 7) is -0.482. The lowest BCUT2D eigenvalue weighted by molar-refractivity contribution is 2.25. The number of rotatable bonds is 0. The maximum atomic E-state index is 5.39. The Hall–Kier alpha value is 0.357. The maximum absolute atomic E-state index is 5.39. The minimum absolute atomic E-state index is 1.68. The highest BCUT2D eigenvalue weighted by molar-refractivity contribution is 7.48. The molecule has 0 heterocycles. The summed E-state index contributed by atoms with van der Waals surface area (Å²) in [5.74, 6) is 0. The van der Waals surface area contributed by atoms with Gasteiger partial charge in [0, 0.05) is 0 Å². The number of hydrogen-bond acceptors (Lipinski definition) is 0. The van der Waals surface area contributed by atoms with Gasteiger partial charge in [-0.25, -0.2) is 0 Å². The summed E-state index contributed by atoms with van der Waals surface area (Å²) in [5.41, 5.74) is 2.27. The first-order valence-corrected chi connectivity index (χ1v) is 5.94. The van der Waals surface area contributed by atoms with Crippen LogP contribution in [0, 0.1) is 12.0 Å². The van der Waals surface area contributed by atoms with Crippen LogP contribution in [0.2, 0.25) is 6.55 Å². The minimum Gasteiger partial charge on any atom is -0.130 e. The van der Waals surface area contributed by atoms with Crippen LogP contribution in [0.5, 0.6) is 0 Å². The molecule has 0 amide bonds. The van der Waals surface area contributed by atoms with Gasteiger partial charge in [-0.1, -0.05) is 5.54 Å². The fourth-order valence-electron chi connectivity index (χ4n) is 0. The predicted molar refractivity (Wildman–Crippen MR) is 32.2 cm³/mol. The van der Waals surface area contributed by atoms with E-state index in [1.165, 1.54) is 0 Å². The lowest BCUT2D eigenvalue weighted by Crippen LogP contribution is -2.07. The van der Waals surface area contributed by atoms with Crippen LogP contribution in [0.1, 0.15) is 0 Å². The number of hydrogen-bond donors (Lipinski definition) is 0. The van der Waals surface area contributed by atoms with Gasteiger partial charge in [0.1, 0.15) is 0 Å². The summed E-state index contributed by atoms with van der Waals surface area (Å²) >= 11 is 10.8. The minimum atomic E-state index is -2.16. The summed E-state index contributed by atoms with van der Waals surface area (Å²) in [5, 5.41) is 0. The highest BCUT2D eigenvalue weighted by atomic mass is 35.7. The maximum Gasteiger partial charge on any atom is 0.321 e. The molecule has 0 bridgehead atoms. The van der Waals surface area contributed by atoms with Gasteiger partial charge < -0.3 is 0 Å². The zero-order valence-electron chi connectivity index (χ0n) is 3.33. The van der Waals surface area contributed by atoms with Crippen molar-refractivity contribution in [2.45, 2.75) is 6.55 Å². The van der Waals surface area contributed by atoms with E-state index in [2.05, 4.69) is 5.54 Å². The van der Waals surface area contributed by atoms with Crippen LogP contribution in [-0.4, -0.2) is 6.69 Å². The second-order valence-corrected chi connectivity index (χ2v) is 8.21. The first kappa shape index (κ1) is 6.36. The standard InChI is InChI=1S/C3H4Cl2Si/c1-3-6(2,4)5/h1H,2H3. The second-order valence-electron chi connectivity index (χ2n) is 1.03. The van der Waals surface area contributed by atoms with E-state index in [4.69, 9.17) is 28.6 Å². The molecule has 3 heteroatoms. The van der Waals surface area contributed by atoms with E-state index in [-0.39, 0.29) is 0 Å². The Morgan fingerprint density at radius 3 is 1.83 bits per heavy atom. The van der Waals surface area contributed by atoms with Gasteiger partial charge in [0.25, 0.3) is 0 Å². The van der Waals surface area contributed by atoms with Gasteiger partial charge in [0.05, 0.1) is 0 Å². The third kappa shape index (κ3) is 4.36. The van der Waals surface area contributed by atoms with Gasteiger partial charge in [-0.3, -0.25) is 0 Å². The van der Waals surface area contributed by atoms with E-state index in [0.717, 1.165) is 0 Å². The molecule has 0 saturated heterocycles. The summed E-state index contributed by atoms with van der Waals surface area (Å²) in [7, 11) is 0.